The molecule has 0 fully saturated rings. The molecule has 0 saturated carbocycles. The van der Waals surface area contributed by atoms with E-state index in [0.29, 0.717) is 16.4 Å². The highest BCUT2D eigenvalue weighted by atomic mass is 32.2. The van der Waals surface area contributed by atoms with Crippen molar-refractivity contribution in [2.75, 3.05) is 10.6 Å². The van der Waals surface area contributed by atoms with E-state index in [1.165, 1.54) is 34.4 Å². The lowest BCUT2D eigenvalue weighted by atomic mass is 10.1. The molecule has 0 saturated heterocycles. The number of thiophene rings is 1. The quantitative estimate of drug-likeness (QED) is 0.101. The summed E-state index contributed by atoms with van der Waals surface area (Å²) < 4.78 is 1.01. The van der Waals surface area contributed by atoms with Crippen LogP contribution in [0.25, 0.3) is 16.3 Å². The average molecular weight is 661 g/mol. The number of fused-ring (bicyclic) bond motifs is 1. The highest BCUT2D eigenvalue weighted by Gasteiger charge is 2.24. The number of carbonyl (C=O) groups is 3. The first-order valence-corrected chi connectivity index (χ1v) is 16.9. The van der Waals surface area contributed by atoms with Crippen LogP contribution in [0.1, 0.15) is 31.6 Å². The zero-order valence-electron chi connectivity index (χ0n) is 24.6. The fourth-order valence-electron chi connectivity index (χ4n) is 4.60. The van der Waals surface area contributed by atoms with E-state index in [0.717, 1.165) is 31.1 Å². The number of hydrogen-bond donors (Lipinski definition) is 3. The Bertz CT molecular complexity index is 2020. The summed E-state index contributed by atoms with van der Waals surface area (Å²) in [6.45, 7) is 2.03. The van der Waals surface area contributed by atoms with Crippen molar-refractivity contribution >= 4 is 79.3 Å². The Balaban J connectivity index is 1.21. The number of thioether (sulfide) groups is 1. The molecule has 0 bridgehead atoms. The standard InChI is InChI=1S/C36H28N4O3S3/c1-23-17-18-29-31(20-23)46-36(39-29)40-35(43)32(24-10-4-2-5-11-24)45-28-15-8-14-26(21-28)37-34(42)30(22-27-16-9-19-44-27)38-33(41)25-12-6-3-7-13-25/h2-22,32H,1H3,(H,37,42)(H,38,41)(H,39,40,43)/b30-22-. The predicted molar refractivity (Wildman–Crippen MR) is 189 cm³/mol. The van der Waals surface area contributed by atoms with Gasteiger partial charge in [0.05, 0.1) is 10.2 Å². The summed E-state index contributed by atoms with van der Waals surface area (Å²) in [5.74, 6) is -1.06. The second-order valence-electron chi connectivity index (χ2n) is 10.3. The lowest BCUT2D eigenvalue weighted by molar-refractivity contribution is -0.116. The summed E-state index contributed by atoms with van der Waals surface area (Å²) in [4.78, 5) is 46.3. The van der Waals surface area contributed by atoms with Crippen LogP contribution in [0.5, 0.6) is 0 Å². The van der Waals surface area contributed by atoms with Gasteiger partial charge in [-0.1, -0.05) is 78.1 Å². The van der Waals surface area contributed by atoms with Gasteiger partial charge in [-0.2, -0.15) is 0 Å². The molecule has 0 aliphatic rings. The van der Waals surface area contributed by atoms with Crippen molar-refractivity contribution in [2.45, 2.75) is 17.1 Å². The number of amides is 3. The number of nitrogens with zero attached hydrogens (tertiary/aromatic N) is 1. The molecular weight excluding hydrogens is 633 g/mol. The summed E-state index contributed by atoms with van der Waals surface area (Å²) >= 11 is 4.27. The minimum atomic E-state index is -0.583. The number of benzene rings is 4. The van der Waals surface area contributed by atoms with Crippen molar-refractivity contribution < 1.29 is 14.4 Å². The van der Waals surface area contributed by atoms with Crippen molar-refractivity contribution in [1.29, 1.82) is 0 Å². The molecule has 2 aromatic heterocycles. The van der Waals surface area contributed by atoms with E-state index in [1.54, 1.807) is 36.4 Å². The lowest BCUT2D eigenvalue weighted by Gasteiger charge is -2.17. The van der Waals surface area contributed by atoms with Gasteiger partial charge in [0.15, 0.2) is 5.13 Å². The molecule has 0 radical (unpaired) electrons. The molecule has 0 aliphatic heterocycles. The Morgan fingerprint density at radius 3 is 2.37 bits per heavy atom. The zero-order chi connectivity index (χ0) is 31.9. The molecule has 0 aliphatic carbocycles. The summed E-state index contributed by atoms with van der Waals surface area (Å²) in [5.41, 5.74) is 3.88. The van der Waals surface area contributed by atoms with Gasteiger partial charge in [0.2, 0.25) is 5.91 Å². The summed E-state index contributed by atoms with van der Waals surface area (Å²) in [6, 6.07) is 35.3. The average Bonchev–Trinajstić information content (AvgIpc) is 3.73. The van der Waals surface area contributed by atoms with Gasteiger partial charge in [-0.3, -0.25) is 14.4 Å². The van der Waals surface area contributed by atoms with Crippen molar-refractivity contribution in [3.8, 4) is 0 Å². The van der Waals surface area contributed by atoms with Crippen LogP contribution >= 0.6 is 34.4 Å². The van der Waals surface area contributed by atoms with Gasteiger partial charge in [0, 0.05) is 21.0 Å². The third-order valence-electron chi connectivity index (χ3n) is 6.82. The van der Waals surface area contributed by atoms with E-state index in [1.807, 2.05) is 91.2 Å². The van der Waals surface area contributed by atoms with Crippen LogP contribution in [0.15, 0.2) is 131 Å². The van der Waals surface area contributed by atoms with Crippen LogP contribution < -0.4 is 16.0 Å². The Hall–Kier alpha value is -5.03. The summed E-state index contributed by atoms with van der Waals surface area (Å²) in [5, 5.41) is 10.5. The van der Waals surface area contributed by atoms with Crippen molar-refractivity contribution in [1.82, 2.24) is 10.3 Å². The van der Waals surface area contributed by atoms with E-state index < -0.39 is 11.2 Å². The molecule has 3 amide bonds. The molecule has 228 valence electrons. The molecule has 1 unspecified atom stereocenters. The fourth-order valence-corrected chi connectivity index (χ4v) is 7.30. The number of thiazole rings is 1. The maximum atomic E-state index is 13.7. The molecule has 10 heteroatoms. The first kappa shape index (κ1) is 31.0. The van der Waals surface area contributed by atoms with E-state index in [9.17, 15) is 14.4 Å². The third kappa shape index (κ3) is 7.78. The van der Waals surface area contributed by atoms with E-state index >= 15 is 0 Å². The second-order valence-corrected chi connectivity index (χ2v) is 13.5. The first-order valence-electron chi connectivity index (χ1n) is 14.3. The van der Waals surface area contributed by atoms with Crippen LogP contribution in [0.2, 0.25) is 0 Å². The molecule has 3 N–H and O–H groups in total. The SMILES string of the molecule is Cc1ccc2nc(NC(=O)C(Sc3cccc(NC(=O)/C(=C/c4cccs4)NC(=O)c4ccccc4)c3)c3ccccc3)sc2c1. The van der Waals surface area contributed by atoms with Crippen LogP contribution in [0.3, 0.4) is 0 Å². The normalized spacial score (nSPS) is 12.0. The maximum absolute atomic E-state index is 13.7. The predicted octanol–water partition coefficient (Wildman–Crippen LogP) is 8.55. The zero-order valence-corrected chi connectivity index (χ0v) is 27.0. The first-order chi connectivity index (χ1) is 22.4. The maximum Gasteiger partial charge on any atom is 0.272 e. The van der Waals surface area contributed by atoms with Gasteiger partial charge in [-0.25, -0.2) is 4.98 Å². The molecule has 1 atom stereocenters. The van der Waals surface area contributed by atoms with Gasteiger partial charge < -0.3 is 16.0 Å². The number of aryl methyl sites for hydroxylation is 1. The van der Waals surface area contributed by atoms with Crippen LogP contribution in [0, 0.1) is 6.92 Å². The van der Waals surface area contributed by atoms with Crippen molar-refractivity contribution in [3.63, 3.8) is 0 Å². The van der Waals surface area contributed by atoms with E-state index in [-0.39, 0.29) is 17.5 Å². The lowest BCUT2D eigenvalue weighted by Crippen LogP contribution is -2.30. The molecule has 2 heterocycles. The summed E-state index contributed by atoms with van der Waals surface area (Å²) in [6.07, 6.45) is 1.65. The second kappa shape index (κ2) is 14.4. The Labute approximate surface area is 278 Å². The molecule has 6 rings (SSSR count). The minimum absolute atomic E-state index is 0.113. The highest BCUT2D eigenvalue weighted by Crippen LogP contribution is 2.38. The number of hydrogen-bond acceptors (Lipinski definition) is 7. The Kier molecular flexibility index (Phi) is 9.68. The third-order valence-corrected chi connectivity index (χ3v) is 9.82. The molecule has 4 aromatic carbocycles. The largest absolute Gasteiger partial charge is 0.321 e. The monoisotopic (exact) mass is 660 g/mol. The van der Waals surface area contributed by atoms with E-state index in [4.69, 9.17) is 0 Å². The topological polar surface area (TPSA) is 100 Å². The van der Waals surface area contributed by atoms with Gasteiger partial charge in [-0.05, 0) is 78.0 Å². The van der Waals surface area contributed by atoms with Crippen molar-refractivity contribution in [2.24, 2.45) is 0 Å². The molecule has 0 spiro atoms. The smallest absolute Gasteiger partial charge is 0.272 e. The molecule has 7 nitrogen and oxygen atoms in total. The van der Waals surface area contributed by atoms with Gasteiger partial charge >= 0.3 is 0 Å². The van der Waals surface area contributed by atoms with Crippen LogP contribution in [0.4, 0.5) is 10.8 Å². The number of anilines is 2. The Morgan fingerprint density at radius 1 is 0.826 bits per heavy atom. The van der Waals surface area contributed by atoms with Crippen LogP contribution in [-0.4, -0.2) is 22.7 Å². The summed E-state index contributed by atoms with van der Waals surface area (Å²) in [7, 11) is 0. The van der Waals surface area contributed by atoms with Gasteiger partial charge in [0.1, 0.15) is 10.9 Å². The van der Waals surface area contributed by atoms with Crippen molar-refractivity contribution in [3.05, 3.63) is 148 Å². The minimum Gasteiger partial charge on any atom is -0.321 e. The number of aromatic nitrogens is 1. The van der Waals surface area contributed by atoms with Gasteiger partial charge in [-0.15, -0.1) is 23.1 Å². The van der Waals surface area contributed by atoms with E-state index in [2.05, 4.69) is 27.0 Å². The van der Waals surface area contributed by atoms with Gasteiger partial charge in [0.25, 0.3) is 11.8 Å². The molecule has 6 aromatic rings. The number of carbonyl (C=O) groups excluding carboxylic acids is 3. The molecular formula is C36H28N4O3S3. The highest BCUT2D eigenvalue weighted by molar-refractivity contribution is 8.00. The Morgan fingerprint density at radius 2 is 1.61 bits per heavy atom. The number of rotatable bonds is 10. The fraction of sp³-hybridized carbons (Fsp3) is 0.0556. The van der Waals surface area contributed by atoms with Crippen LogP contribution in [-0.2, 0) is 9.59 Å². The molecule has 46 heavy (non-hydrogen) atoms. The number of nitrogens with one attached hydrogen (secondary N) is 3.